The summed E-state index contributed by atoms with van der Waals surface area (Å²) < 4.78 is 0.611. The maximum Gasteiger partial charge on any atom is 0.163 e. The number of nitrogens with one attached hydrogen (secondary N) is 1. The fraction of sp³-hybridized carbons (Fsp3) is 0.700. The fourth-order valence-electron chi connectivity index (χ4n) is 1.02. The van der Waals surface area contributed by atoms with Crippen LogP contribution in [0.1, 0.15) is 6.92 Å². The van der Waals surface area contributed by atoms with Crippen LogP contribution in [0.5, 0.6) is 0 Å². The number of allylic oxidation sites excluding steroid dienone is 1. The van der Waals surface area contributed by atoms with E-state index in [4.69, 9.17) is 5.73 Å². The molecule has 0 rings (SSSR count). The molecular formula is C10H23ClN3O+. The number of carbonyl (C=O) groups excluding carboxylic acids is 1. The first-order valence-corrected chi connectivity index (χ1v) is 4.74. The van der Waals surface area contributed by atoms with Gasteiger partial charge < -0.3 is 5.73 Å². The van der Waals surface area contributed by atoms with E-state index in [0.29, 0.717) is 23.3 Å². The van der Waals surface area contributed by atoms with Gasteiger partial charge in [-0.15, -0.1) is 12.4 Å². The summed E-state index contributed by atoms with van der Waals surface area (Å²) in [7, 11) is 6.00. The van der Waals surface area contributed by atoms with Gasteiger partial charge in [0, 0.05) is 6.54 Å². The van der Waals surface area contributed by atoms with Crippen LogP contribution in [0.15, 0.2) is 12.2 Å². The Morgan fingerprint density at radius 2 is 1.93 bits per heavy atom. The monoisotopic (exact) mass is 236 g/mol. The second kappa shape index (κ2) is 6.95. The minimum Gasteiger partial charge on any atom is -0.330 e. The highest BCUT2D eigenvalue weighted by molar-refractivity contribution is 5.96. The van der Waals surface area contributed by atoms with Gasteiger partial charge >= 0.3 is 0 Å². The molecule has 0 spiro atoms. The average Bonchev–Trinajstić information content (AvgIpc) is 2.02. The minimum atomic E-state index is -0.162. The smallest absolute Gasteiger partial charge is 0.163 e. The second-order valence-electron chi connectivity index (χ2n) is 4.45. The molecule has 3 N–H and O–H groups in total. The van der Waals surface area contributed by atoms with Gasteiger partial charge in [0.15, 0.2) is 5.78 Å². The largest absolute Gasteiger partial charge is 0.330 e. The Morgan fingerprint density at radius 3 is 2.20 bits per heavy atom. The summed E-state index contributed by atoms with van der Waals surface area (Å²) in [5.74, 6) is -0.113. The molecule has 0 aromatic rings. The van der Waals surface area contributed by atoms with Crippen molar-refractivity contribution in [3.63, 3.8) is 0 Å². The van der Waals surface area contributed by atoms with Crippen molar-refractivity contribution in [2.75, 3.05) is 34.2 Å². The van der Waals surface area contributed by atoms with E-state index in [-0.39, 0.29) is 24.1 Å². The molecule has 90 valence electrons. The van der Waals surface area contributed by atoms with Gasteiger partial charge in [0.05, 0.1) is 33.6 Å². The topological polar surface area (TPSA) is 55.1 Å². The lowest BCUT2D eigenvalue weighted by Gasteiger charge is -2.26. The van der Waals surface area contributed by atoms with Crippen LogP contribution < -0.4 is 11.2 Å². The summed E-state index contributed by atoms with van der Waals surface area (Å²) in [4.78, 5) is 11.6. The Morgan fingerprint density at radius 1 is 1.47 bits per heavy atom. The molecule has 0 saturated heterocycles. The summed E-state index contributed by atoms with van der Waals surface area (Å²) in [5, 5.41) is 0. The Bertz CT molecular complexity index is 223. The van der Waals surface area contributed by atoms with E-state index in [2.05, 4.69) is 12.0 Å². The lowest BCUT2D eigenvalue weighted by molar-refractivity contribution is -0.915. The highest BCUT2D eigenvalue weighted by Gasteiger charge is 2.19. The molecule has 0 bridgehead atoms. The van der Waals surface area contributed by atoms with Gasteiger partial charge in [-0.2, -0.15) is 5.43 Å². The number of ketones is 1. The Labute approximate surface area is 98.5 Å². The summed E-state index contributed by atoms with van der Waals surface area (Å²) in [5.41, 5.74) is 9.31. The van der Waals surface area contributed by atoms with Crippen molar-refractivity contribution in [2.24, 2.45) is 11.7 Å². The van der Waals surface area contributed by atoms with Crippen LogP contribution in [-0.2, 0) is 4.79 Å². The third-order valence-corrected chi connectivity index (χ3v) is 1.89. The predicted octanol–water partition coefficient (Wildman–Crippen LogP) is 0.339. The Hall–Kier alpha value is -0.420. The molecule has 0 fully saturated rings. The number of nitrogens with two attached hydrogens (primary N) is 1. The van der Waals surface area contributed by atoms with Gasteiger partial charge in [-0.25, -0.2) is 0 Å². The molecule has 0 saturated carbocycles. The van der Waals surface area contributed by atoms with Crippen molar-refractivity contribution in [1.29, 1.82) is 0 Å². The van der Waals surface area contributed by atoms with Gasteiger partial charge in [0.2, 0.25) is 0 Å². The zero-order valence-corrected chi connectivity index (χ0v) is 10.9. The molecule has 0 aromatic carbocycles. The van der Waals surface area contributed by atoms with E-state index in [9.17, 15) is 4.79 Å². The normalized spacial score (nSPS) is 12.9. The van der Waals surface area contributed by atoms with Crippen LogP contribution in [-0.4, -0.2) is 44.6 Å². The van der Waals surface area contributed by atoms with E-state index in [1.165, 1.54) is 0 Å². The number of rotatable bonds is 6. The van der Waals surface area contributed by atoms with Crippen molar-refractivity contribution in [3.05, 3.63) is 12.2 Å². The number of nitrogens with zero attached hydrogens (tertiary/aromatic N) is 1. The van der Waals surface area contributed by atoms with Crippen molar-refractivity contribution in [3.8, 4) is 0 Å². The zero-order valence-electron chi connectivity index (χ0n) is 10.0. The van der Waals surface area contributed by atoms with Gasteiger partial charge in [0.1, 0.15) is 0 Å². The predicted molar refractivity (Wildman–Crippen MR) is 65.6 cm³/mol. The molecule has 0 aliphatic heterocycles. The number of hydrogen-bond acceptors (Lipinski definition) is 3. The summed E-state index contributed by atoms with van der Waals surface area (Å²) >= 11 is 0. The van der Waals surface area contributed by atoms with E-state index in [1.807, 2.05) is 21.1 Å². The first-order chi connectivity index (χ1) is 6.28. The summed E-state index contributed by atoms with van der Waals surface area (Å²) in [6, 6.07) is 0. The van der Waals surface area contributed by atoms with E-state index < -0.39 is 0 Å². The zero-order chi connectivity index (χ0) is 11.4. The SMILES string of the molecule is C=C(C)C(=O)C(CN)CN[N+](C)(C)C.Cl. The molecule has 4 nitrogen and oxygen atoms in total. The molecule has 0 aromatic heterocycles. The highest BCUT2D eigenvalue weighted by atomic mass is 35.5. The molecule has 1 unspecified atom stereocenters. The first-order valence-electron chi connectivity index (χ1n) is 4.74. The van der Waals surface area contributed by atoms with Gasteiger partial charge in [-0.3, -0.25) is 9.39 Å². The minimum absolute atomic E-state index is 0. The van der Waals surface area contributed by atoms with Crippen molar-refractivity contribution in [1.82, 2.24) is 5.43 Å². The molecule has 15 heavy (non-hydrogen) atoms. The second-order valence-corrected chi connectivity index (χ2v) is 4.45. The molecule has 0 radical (unpaired) electrons. The van der Waals surface area contributed by atoms with Crippen LogP contribution in [0.4, 0.5) is 0 Å². The van der Waals surface area contributed by atoms with Crippen LogP contribution in [0.3, 0.4) is 0 Å². The van der Waals surface area contributed by atoms with Crippen LogP contribution in [0.2, 0.25) is 0 Å². The number of hydrogen-bond donors (Lipinski definition) is 2. The number of Topliss-reactive ketones (excluding diaryl/α,β-unsaturated/α-hetero) is 1. The first kappa shape index (κ1) is 17.0. The van der Waals surface area contributed by atoms with Gasteiger partial charge in [-0.1, -0.05) is 6.58 Å². The standard InChI is InChI=1S/C10H22N3O.ClH/c1-8(2)10(14)9(6-11)7-12-13(3,4)5;/h9,12H,1,6-7,11H2,2-5H3;1H/q+1;. The van der Waals surface area contributed by atoms with Crippen molar-refractivity contribution < 1.29 is 9.39 Å². The van der Waals surface area contributed by atoms with Crippen molar-refractivity contribution in [2.45, 2.75) is 6.92 Å². The Balaban J connectivity index is 0. The maximum absolute atomic E-state index is 11.6. The van der Waals surface area contributed by atoms with Crippen LogP contribution in [0.25, 0.3) is 0 Å². The molecule has 0 aliphatic rings. The van der Waals surface area contributed by atoms with Crippen LogP contribution >= 0.6 is 12.4 Å². The van der Waals surface area contributed by atoms with E-state index in [0.717, 1.165) is 0 Å². The molecule has 0 amide bonds. The molecule has 5 heteroatoms. The van der Waals surface area contributed by atoms with E-state index in [1.54, 1.807) is 6.92 Å². The molecule has 1 atom stereocenters. The third kappa shape index (κ3) is 7.50. The summed E-state index contributed by atoms with van der Waals surface area (Å²) in [6.45, 7) is 6.30. The lowest BCUT2D eigenvalue weighted by atomic mass is 10.00. The average molecular weight is 237 g/mol. The number of carbonyl (C=O) groups is 1. The lowest BCUT2D eigenvalue weighted by Crippen LogP contribution is -2.51. The maximum atomic E-state index is 11.6. The highest BCUT2D eigenvalue weighted by Crippen LogP contribution is 2.03. The van der Waals surface area contributed by atoms with Crippen LogP contribution in [0, 0.1) is 5.92 Å². The van der Waals surface area contributed by atoms with E-state index >= 15 is 0 Å². The molecular weight excluding hydrogens is 214 g/mol. The number of quaternary nitrogens is 1. The number of halogens is 1. The third-order valence-electron chi connectivity index (χ3n) is 1.89. The molecule has 0 heterocycles. The summed E-state index contributed by atoms with van der Waals surface area (Å²) in [6.07, 6.45) is 0. The van der Waals surface area contributed by atoms with Gasteiger partial charge in [-0.05, 0) is 12.5 Å². The Kier molecular flexibility index (Phi) is 7.88. The molecule has 0 aliphatic carbocycles. The van der Waals surface area contributed by atoms with Gasteiger partial charge in [0.25, 0.3) is 0 Å². The quantitative estimate of drug-likeness (QED) is 0.397. The van der Waals surface area contributed by atoms with Crippen molar-refractivity contribution >= 4 is 18.2 Å². The fourth-order valence-corrected chi connectivity index (χ4v) is 1.02.